The van der Waals surface area contributed by atoms with Gasteiger partial charge in [0.05, 0.1) is 26.9 Å². The number of aliphatic hydroxyl groups excluding tert-OH is 1. The van der Waals surface area contributed by atoms with Crippen LogP contribution < -0.4 is 20.1 Å². The van der Waals surface area contributed by atoms with E-state index in [-0.39, 0.29) is 11.5 Å². The number of benzene rings is 1. The normalized spacial score (nSPS) is 23.4. The molecule has 6 heteroatoms. The summed E-state index contributed by atoms with van der Waals surface area (Å²) in [5.41, 5.74) is 0.890. The highest BCUT2D eigenvalue weighted by Crippen LogP contribution is 2.35. The predicted molar refractivity (Wildman–Crippen MR) is 105 cm³/mol. The Balaban J connectivity index is 2.04. The van der Waals surface area contributed by atoms with Gasteiger partial charge in [0.15, 0.2) is 5.96 Å². The van der Waals surface area contributed by atoms with Crippen molar-refractivity contribution in [2.45, 2.75) is 52.2 Å². The van der Waals surface area contributed by atoms with Crippen LogP contribution in [-0.2, 0) is 6.54 Å². The van der Waals surface area contributed by atoms with Crippen LogP contribution in [0.15, 0.2) is 23.2 Å². The summed E-state index contributed by atoms with van der Waals surface area (Å²) in [7, 11) is 3.29. The zero-order chi connectivity index (χ0) is 19.0. The van der Waals surface area contributed by atoms with Crippen molar-refractivity contribution < 1.29 is 14.6 Å². The molecule has 26 heavy (non-hydrogen) atoms. The summed E-state index contributed by atoms with van der Waals surface area (Å²) in [4.78, 5) is 4.68. The lowest BCUT2D eigenvalue weighted by Gasteiger charge is -2.38. The molecule has 0 spiro atoms. The van der Waals surface area contributed by atoms with Gasteiger partial charge in [-0.05, 0) is 31.9 Å². The largest absolute Gasteiger partial charge is 0.497 e. The quantitative estimate of drug-likeness (QED) is 0.513. The molecule has 1 aromatic rings. The zero-order valence-electron chi connectivity index (χ0n) is 16.5. The van der Waals surface area contributed by atoms with Crippen molar-refractivity contribution in [3.63, 3.8) is 0 Å². The lowest BCUT2D eigenvalue weighted by molar-refractivity contribution is 0.00397. The highest BCUT2D eigenvalue weighted by atomic mass is 16.5. The second kappa shape index (κ2) is 9.67. The third kappa shape index (κ3) is 5.27. The van der Waals surface area contributed by atoms with Gasteiger partial charge in [-0.1, -0.05) is 19.8 Å². The number of nitrogens with one attached hydrogen (secondary N) is 2. The highest BCUT2D eigenvalue weighted by molar-refractivity contribution is 5.79. The Morgan fingerprint density at radius 1 is 1.27 bits per heavy atom. The smallest absolute Gasteiger partial charge is 0.191 e. The van der Waals surface area contributed by atoms with Crippen molar-refractivity contribution in [3.8, 4) is 11.5 Å². The van der Waals surface area contributed by atoms with Gasteiger partial charge in [-0.3, -0.25) is 0 Å². The van der Waals surface area contributed by atoms with E-state index in [1.165, 1.54) is 6.42 Å². The molecule has 1 aromatic carbocycles. The number of aliphatic imine (C=N–C) groups is 1. The van der Waals surface area contributed by atoms with Crippen LogP contribution in [0, 0.1) is 5.41 Å². The van der Waals surface area contributed by atoms with Gasteiger partial charge in [-0.25, -0.2) is 4.99 Å². The van der Waals surface area contributed by atoms with Crippen molar-refractivity contribution in [1.29, 1.82) is 0 Å². The number of hydrogen-bond acceptors (Lipinski definition) is 4. The molecule has 3 N–H and O–H groups in total. The van der Waals surface area contributed by atoms with E-state index in [2.05, 4.69) is 22.5 Å². The SMILES string of the molecule is CCNC(=NCc1ccc(OC)cc1OC)NCC1(C)CCCCC1O. The summed E-state index contributed by atoms with van der Waals surface area (Å²) in [5.74, 6) is 2.28. The Hall–Kier alpha value is -1.95. The van der Waals surface area contributed by atoms with Crippen LogP contribution in [0.4, 0.5) is 0 Å². The standard InChI is InChI=1S/C20H33N3O3/c1-5-21-19(23-14-20(2)11-7-6-8-18(20)24)22-13-15-9-10-16(25-3)12-17(15)26-4/h9-10,12,18,24H,5-8,11,13-14H2,1-4H3,(H2,21,22,23). The molecule has 0 bridgehead atoms. The average molecular weight is 364 g/mol. The van der Waals surface area contributed by atoms with Gasteiger partial charge in [0.2, 0.25) is 0 Å². The molecule has 146 valence electrons. The summed E-state index contributed by atoms with van der Waals surface area (Å²) in [6.07, 6.45) is 3.95. The fourth-order valence-electron chi connectivity index (χ4n) is 3.36. The molecular formula is C20H33N3O3. The minimum atomic E-state index is -0.256. The number of rotatable bonds is 7. The molecule has 0 radical (unpaired) electrons. The Bertz CT molecular complexity index is 606. The summed E-state index contributed by atoms with van der Waals surface area (Å²) < 4.78 is 10.7. The third-order valence-corrected chi connectivity index (χ3v) is 5.19. The van der Waals surface area contributed by atoms with E-state index in [1.54, 1.807) is 14.2 Å². The number of nitrogens with zero attached hydrogens (tertiary/aromatic N) is 1. The Morgan fingerprint density at radius 3 is 2.73 bits per heavy atom. The van der Waals surface area contributed by atoms with Gasteiger partial charge in [0, 0.05) is 30.1 Å². The second-order valence-corrected chi connectivity index (χ2v) is 7.14. The summed E-state index contributed by atoms with van der Waals surface area (Å²) in [6, 6.07) is 5.74. The highest BCUT2D eigenvalue weighted by Gasteiger charge is 2.35. The lowest BCUT2D eigenvalue weighted by Crippen LogP contribution is -2.48. The van der Waals surface area contributed by atoms with E-state index in [4.69, 9.17) is 9.47 Å². The van der Waals surface area contributed by atoms with Crippen LogP contribution >= 0.6 is 0 Å². The fraction of sp³-hybridized carbons (Fsp3) is 0.650. The number of hydrogen-bond donors (Lipinski definition) is 3. The minimum Gasteiger partial charge on any atom is -0.497 e. The van der Waals surface area contributed by atoms with Crippen LogP contribution in [0.3, 0.4) is 0 Å². The van der Waals surface area contributed by atoms with Crippen molar-refractivity contribution in [2.24, 2.45) is 10.4 Å². The molecule has 2 atom stereocenters. The van der Waals surface area contributed by atoms with Crippen LogP contribution in [-0.4, -0.2) is 44.5 Å². The van der Waals surface area contributed by atoms with Gasteiger partial charge in [0.25, 0.3) is 0 Å². The average Bonchev–Trinajstić information content (AvgIpc) is 2.66. The number of aliphatic hydroxyl groups is 1. The molecule has 0 aliphatic heterocycles. The van der Waals surface area contributed by atoms with Gasteiger partial charge in [0.1, 0.15) is 11.5 Å². The Morgan fingerprint density at radius 2 is 2.08 bits per heavy atom. The fourth-order valence-corrected chi connectivity index (χ4v) is 3.36. The van der Waals surface area contributed by atoms with Crippen LogP contribution in [0.2, 0.25) is 0 Å². The Kier molecular flexibility index (Phi) is 7.57. The van der Waals surface area contributed by atoms with Crippen molar-refractivity contribution in [3.05, 3.63) is 23.8 Å². The maximum Gasteiger partial charge on any atom is 0.191 e. The predicted octanol–water partition coefficient (Wildman–Crippen LogP) is 2.70. The third-order valence-electron chi connectivity index (χ3n) is 5.19. The van der Waals surface area contributed by atoms with E-state index in [0.717, 1.165) is 48.8 Å². The molecule has 1 fully saturated rings. The number of methoxy groups -OCH3 is 2. The molecule has 0 aromatic heterocycles. The minimum absolute atomic E-state index is 0.105. The molecule has 2 unspecified atom stereocenters. The lowest BCUT2D eigenvalue weighted by atomic mass is 9.73. The first-order chi connectivity index (χ1) is 12.5. The van der Waals surface area contributed by atoms with Gasteiger partial charge in [-0.15, -0.1) is 0 Å². The second-order valence-electron chi connectivity index (χ2n) is 7.14. The van der Waals surface area contributed by atoms with Crippen molar-refractivity contribution >= 4 is 5.96 Å². The number of guanidine groups is 1. The first kappa shape index (κ1) is 20.4. The molecule has 0 amide bonds. The zero-order valence-corrected chi connectivity index (χ0v) is 16.5. The van der Waals surface area contributed by atoms with Crippen molar-refractivity contribution in [2.75, 3.05) is 27.3 Å². The maximum atomic E-state index is 10.4. The molecule has 2 rings (SSSR count). The first-order valence-corrected chi connectivity index (χ1v) is 9.43. The van der Waals surface area contributed by atoms with E-state index >= 15 is 0 Å². The molecule has 1 saturated carbocycles. The van der Waals surface area contributed by atoms with Gasteiger partial charge < -0.3 is 25.2 Å². The molecule has 0 saturated heterocycles. The summed E-state index contributed by atoms with van der Waals surface area (Å²) >= 11 is 0. The monoisotopic (exact) mass is 363 g/mol. The van der Waals surface area contributed by atoms with Gasteiger partial charge in [-0.2, -0.15) is 0 Å². The van der Waals surface area contributed by atoms with E-state index in [0.29, 0.717) is 13.1 Å². The summed E-state index contributed by atoms with van der Waals surface area (Å²) in [5, 5.41) is 17.0. The molecule has 0 heterocycles. The first-order valence-electron chi connectivity index (χ1n) is 9.43. The molecule has 1 aliphatic rings. The molecule has 1 aliphatic carbocycles. The van der Waals surface area contributed by atoms with E-state index in [9.17, 15) is 5.11 Å². The summed E-state index contributed by atoms with van der Waals surface area (Å²) in [6.45, 7) is 6.19. The van der Waals surface area contributed by atoms with Crippen LogP contribution in [0.1, 0.15) is 45.1 Å². The van der Waals surface area contributed by atoms with Crippen molar-refractivity contribution in [1.82, 2.24) is 10.6 Å². The van der Waals surface area contributed by atoms with Crippen LogP contribution in [0.25, 0.3) is 0 Å². The van der Waals surface area contributed by atoms with Gasteiger partial charge >= 0.3 is 0 Å². The molecular weight excluding hydrogens is 330 g/mol. The van der Waals surface area contributed by atoms with E-state index < -0.39 is 0 Å². The Labute approximate surface area is 157 Å². The van der Waals surface area contributed by atoms with Crippen LogP contribution in [0.5, 0.6) is 11.5 Å². The number of ether oxygens (including phenoxy) is 2. The molecule has 6 nitrogen and oxygen atoms in total. The topological polar surface area (TPSA) is 75.1 Å². The van der Waals surface area contributed by atoms with E-state index in [1.807, 2.05) is 25.1 Å². The maximum absolute atomic E-state index is 10.4.